The van der Waals surface area contributed by atoms with Crippen LogP contribution in [0.5, 0.6) is 0 Å². The first-order valence-corrected chi connectivity index (χ1v) is 16.8. The van der Waals surface area contributed by atoms with Gasteiger partial charge in [-0.1, -0.05) is 11.8 Å². The van der Waals surface area contributed by atoms with Crippen LogP contribution in [0.4, 0.5) is 14.6 Å². The number of carbonyl (C=O) groups is 1. The Morgan fingerprint density at radius 1 is 1.24 bits per heavy atom. The van der Waals surface area contributed by atoms with Gasteiger partial charge in [-0.15, -0.1) is 11.3 Å². The van der Waals surface area contributed by atoms with Crippen LogP contribution in [0.15, 0.2) is 29.7 Å². The van der Waals surface area contributed by atoms with Crippen LogP contribution >= 0.6 is 23.1 Å². The Morgan fingerprint density at radius 3 is 2.84 bits per heavy atom. The van der Waals surface area contributed by atoms with Crippen molar-refractivity contribution in [2.45, 2.75) is 56.0 Å². The molecule has 0 amide bonds. The topological polar surface area (TPSA) is 115 Å². The Labute approximate surface area is 265 Å². The van der Waals surface area contributed by atoms with Gasteiger partial charge in [-0.25, -0.2) is 14.6 Å². The predicted octanol–water partition coefficient (Wildman–Crippen LogP) is 5.86. The number of β-amino-alcohol motifs (C(OH)–C–C–N with tert-alkyl or cyclic N) is 1. The maximum absolute atomic E-state index is 15.6. The van der Waals surface area contributed by atoms with E-state index >= 15 is 8.78 Å². The van der Waals surface area contributed by atoms with Crippen molar-refractivity contribution in [3.05, 3.63) is 35.7 Å². The first kappa shape index (κ1) is 30.4. The molecule has 2 aliphatic heterocycles. The summed E-state index contributed by atoms with van der Waals surface area (Å²) in [6.07, 6.45) is 7.10. The first-order valence-electron chi connectivity index (χ1n) is 14.8. The number of ether oxygens (including phenoxy) is 2. The lowest BCUT2D eigenvalue weighted by Gasteiger charge is -2.28. The lowest BCUT2D eigenvalue weighted by atomic mass is 9.91. The number of benzene rings is 1. The molecule has 1 unspecified atom stereocenters. The number of pyridine rings is 1. The second kappa shape index (κ2) is 11.5. The fourth-order valence-electron chi connectivity index (χ4n) is 6.44. The number of carbonyl (C=O) groups excluding carboxylic acids is 1. The highest BCUT2D eigenvalue weighted by atomic mass is 32.2. The third kappa shape index (κ3) is 5.26. The number of aromatic nitrogens is 5. The summed E-state index contributed by atoms with van der Waals surface area (Å²) in [5, 5.41) is 18.0. The largest absolute Gasteiger partial charge is 0.386 e. The second-order valence-electron chi connectivity index (χ2n) is 11.9. The van der Waals surface area contributed by atoms with Crippen LogP contribution < -0.4 is 4.90 Å². The predicted molar refractivity (Wildman–Crippen MR) is 170 cm³/mol. The molecule has 10 nitrogen and oxygen atoms in total. The third-order valence-corrected chi connectivity index (χ3v) is 10.0. The molecule has 0 spiro atoms. The zero-order chi connectivity index (χ0) is 31.5. The van der Waals surface area contributed by atoms with Crippen LogP contribution in [-0.2, 0) is 20.2 Å². The number of aliphatic hydroxyl groups is 1. The molecule has 7 rings (SSSR count). The van der Waals surface area contributed by atoms with Gasteiger partial charge >= 0.3 is 5.92 Å². The molecule has 2 saturated heterocycles. The Morgan fingerprint density at radius 2 is 2.09 bits per heavy atom. The standard InChI is InChI=1S/C31H32F2N6O4S2/c1-17-12-20-19(13-35-39(20)21-6-4-5-10-43-21)22(24(17)31(32,33)15-40)25-26-18(7-8-34-25)23-27(36-29(44-3)37-28(23)45-26)38-9-11-42-16-30(2,41)14-38/h7-8,12-13,15,21,41H,4-6,9-11,14,16H2,1-3H3/t21?,30-/m0/s1. The van der Waals surface area contributed by atoms with Crippen molar-refractivity contribution in [3.8, 4) is 11.3 Å². The van der Waals surface area contributed by atoms with Gasteiger partial charge in [-0.2, -0.15) is 13.9 Å². The molecule has 236 valence electrons. The minimum Gasteiger partial charge on any atom is -0.386 e. The summed E-state index contributed by atoms with van der Waals surface area (Å²) in [6.45, 7) is 5.31. The summed E-state index contributed by atoms with van der Waals surface area (Å²) in [7, 11) is 0. The van der Waals surface area contributed by atoms with Crippen molar-refractivity contribution in [1.29, 1.82) is 0 Å². The highest BCUT2D eigenvalue weighted by Gasteiger charge is 2.39. The number of thioether (sulfide) groups is 1. The van der Waals surface area contributed by atoms with Crippen molar-refractivity contribution in [2.75, 3.05) is 44.1 Å². The Bertz CT molecular complexity index is 1940. The molecule has 2 aliphatic rings. The third-order valence-electron chi connectivity index (χ3n) is 8.39. The van der Waals surface area contributed by atoms with E-state index in [0.717, 1.165) is 30.0 Å². The van der Waals surface area contributed by atoms with Crippen LogP contribution in [-0.4, -0.2) is 80.9 Å². The van der Waals surface area contributed by atoms with E-state index in [0.29, 0.717) is 63.4 Å². The van der Waals surface area contributed by atoms with E-state index in [1.54, 1.807) is 37.0 Å². The molecule has 0 aliphatic carbocycles. The number of anilines is 1. The van der Waals surface area contributed by atoms with Crippen LogP contribution in [0.1, 0.15) is 43.5 Å². The summed E-state index contributed by atoms with van der Waals surface area (Å²) in [5.41, 5.74) is -0.139. The maximum atomic E-state index is 15.6. The van der Waals surface area contributed by atoms with E-state index in [1.165, 1.54) is 23.1 Å². The van der Waals surface area contributed by atoms with Crippen molar-refractivity contribution >= 4 is 66.4 Å². The molecule has 0 saturated carbocycles. The number of fused-ring (bicyclic) bond motifs is 4. The molecule has 4 aromatic heterocycles. The average molecular weight is 655 g/mol. The molecule has 1 aromatic carbocycles. The molecule has 2 atom stereocenters. The van der Waals surface area contributed by atoms with Gasteiger partial charge < -0.3 is 19.5 Å². The van der Waals surface area contributed by atoms with E-state index in [9.17, 15) is 9.90 Å². The lowest BCUT2D eigenvalue weighted by molar-refractivity contribution is -0.130. The number of nitrogens with zero attached hydrogens (tertiary/aromatic N) is 6. The van der Waals surface area contributed by atoms with Crippen LogP contribution in [0, 0.1) is 6.92 Å². The Kier molecular flexibility index (Phi) is 7.76. The number of halogens is 2. The summed E-state index contributed by atoms with van der Waals surface area (Å²) < 4.78 is 45.2. The molecule has 2 fully saturated rings. The smallest absolute Gasteiger partial charge is 0.328 e. The van der Waals surface area contributed by atoms with E-state index in [2.05, 4.69) is 10.1 Å². The van der Waals surface area contributed by atoms with E-state index < -0.39 is 17.1 Å². The average Bonchev–Trinajstić information content (AvgIpc) is 3.57. The number of hydrogen-bond acceptors (Lipinski definition) is 11. The summed E-state index contributed by atoms with van der Waals surface area (Å²) >= 11 is 2.73. The summed E-state index contributed by atoms with van der Waals surface area (Å²) in [6, 6.07) is 3.49. The van der Waals surface area contributed by atoms with Gasteiger partial charge in [0.2, 0.25) is 0 Å². The Hall–Kier alpha value is -3.30. The summed E-state index contributed by atoms with van der Waals surface area (Å²) in [5.74, 6) is -3.14. The minimum atomic E-state index is -3.77. The molecule has 5 aromatic rings. The summed E-state index contributed by atoms with van der Waals surface area (Å²) in [4.78, 5) is 28.9. The molecule has 14 heteroatoms. The number of hydrogen-bond donors (Lipinski definition) is 1. The lowest BCUT2D eigenvalue weighted by Crippen LogP contribution is -2.42. The molecule has 6 heterocycles. The van der Waals surface area contributed by atoms with Crippen LogP contribution in [0.3, 0.4) is 0 Å². The number of alkyl halides is 2. The van der Waals surface area contributed by atoms with Gasteiger partial charge in [0.05, 0.1) is 47.3 Å². The van der Waals surface area contributed by atoms with Gasteiger partial charge in [-0.05, 0) is 57.1 Å². The Balaban J connectivity index is 1.52. The fourth-order valence-corrected chi connectivity index (χ4v) is 8.02. The molecular weight excluding hydrogens is 623 g/mol. The zero-order valence-corrected chi connectivity index (χ0v) is 26.7. The molecule has 1 N–H and O–H groups in total. The van der Waals surface area contributed by atoms with Crippen molar-refractivity contribution in [1.82, 2.24) is 24.7 Å². The van der Waals surface area contributed by atoms with Crippen LogP contribution in [0.2, 0.25) is 0 Å². The highest BCUT2D eigenvalue weighted by molar-refractivity contribution is 7.98. The fraction of sp³-hybridized carbons (Fsp3) is 0.452. The number of aldehydes is 1. The van der Waals surface area contributed by atoms with Gasteiger partial charge in [0, 0.05) is 41.2 Å². The van der Waals surface area contributed by atoms with Crippen LogP contribution in [0.25, 0.3) is 42.5 Å². The number of aryl methyl sites for hydroxylation is 1. The minimum absolute atomic E-state index is 0.159. The second-order valence-corrected chi connectivity index (χ2v) is 13.6. The zero-order valence-electron chi connectivity index (χ0n) is 25.0. The van der Waals surface area contributed by atoms with Gasteiger partial charge in [-0.3, -0.25) is 9.78 Å². The molecule has 45 heavy (non-hydrogen) atoms. The van der Waals surface area contributed by atoms with Gasteiger partial charge in [0.1, 0.15) is 16.2 Å². The van der Waals surface area contributed by atoms with Crippen molar-refractivity contribution < 1.29 is 28.2 Å². The SMILES string of the molecule is CSc1nc(N2CCOC[C@@](C)(O)C2)c2c(n1)sc1c(-c3c(C(F)(F)C=O)c(C)cc4c3cnn4C3CCCCO3)nccc12. The maximum Gasteiger partial charge on any atom is 0.328 e. The highest BCUT2D eigenvalue weighted by Crippen LogP contribution is 2.48. The van der Waals surface area contributed by atoms with Crippen molar-refractivity contribution in [2.24, 2.45) is 0 Å². The van der Waals surface area contributed by atoms with E-state index in [1.807, 2.05) is 17.2 Å². The van der Waals surface area contributed by atoms with Gasteiger partial charge in [0.25, 0.3) is 0 Å². The van der Waals surface area contributed by atoms with E-state index in [-0.39, 0.29) is 30.2 Å². The molecule has 0 bridgehead atoms. The number of rotatable bonds is 6. The van der Waals surface area contributed by atoms with Gasteiger partial charge in [0.15, 0.2) is 17.7 Å². The van der Waals surface area contributed by atoms with E-state index in [4.69, 9.17) is 19.4 Å². The monoisotopic (exact) mass is 654 g/mol. The first-order chi connectivity index (χ1) is 21.6. The normalized spacial score (nSPS) is 21.6. The quantitative estimate of drug-likeness (QED) is 0.136. The van der Waals surface area contributed by atoms with Crippen molar-refractivity contribution in [3.63, 3.8) is 0 Å². The molecule has 0 radical (unpaired) electrons. The molecular formula is C31H32F2N6O4S2. The number of thiophene rings is 1.